The summed E-state index contributed by atoms with van der Waals surface area (Å²) in [5.74, 6) is 0.120. The average Bonchev–Trinajstić information content (AvgIpc) is 3.07. The van der Waals surface area contributed by atoms with Crippen molar-refractivity contribution >= 4 is 5.69 Å². The van der Waals surface area contributed by atoms with Gasteiger partial charge < -0.3 is 9.15 Å². The lowest BCUT2D eigenvalue weighted by Gasteiger charge is -2.11. The van der Waals surface area contributed by atoms with E-state index < -0.39 is 11.0 Å². The monoisotopic (exact) mass is 343 g/mol. The number of ether oxygens (including phenoxy) is 1. The maximum absolute atomic E-state index is 13.0. The predicted molar refractivity (Wildman–Crippen MR) is 86.6 cm³/mol. The zero-order valence-corrected chi connectivity index (χ0v) is 13.5. The molecule has 2 aromatic carbocycles. The topological polar surface area (TPSA) is 91.3 Å². The van der Waals surface area contributed by atoms with Gasteiger partial charge in [-0.15, -0.1) is 10.2 Å². The summed E-state index contributed by atoms with van der Waals surface area (Å²) in [6.07, 6.45) is -0.692. The molecule has 8 heteroatoms. The van der Waals surface area contributed by atoms with Gasteiger partial charge in [0.25, 0.3) is 5.89 Å². The Hall–Kier alpha value is -3.29. The van der Waals surface area contributed by atoms with Gasteiger partial charge in [0.2, 0.25) is 5.89 Å². The van der Waals surface area contributed by atoms with E-state index >= 15 is 0 Å². The first kappa shape index (κ1) is 16.6. The van der Waals surface area contributed by atoms with Crippen molar-refractivity contribution in [3.05, 3.63) is 69.9 Å². The van der Waals surface area contributed by atoms with E-state index in [-0.39, 0.29) is 29.0 Å². The van der Waals surface area contributed by atoms with Crippen LogP contribution >= 0.6 is 0 Å². The molecule has 7 nitrogen and oxygen atoms in total. The standard InChI is InChI=1S/C17H14FN3O4/c1-10-3-8-15(14(9-10)21(22)23)24-11(2)16-19-20-17(25-16)12-4-6-13(18)7-5-12/h3-9,11H,1-2H3/t11-/m0/s1. The fraction of sp³-hybridized carbons (Fsp3) is 0.176. The summed E-state index contributed by atoms with van der Waals surface area (Å²) < 4.78 is 24.1. The molecule has 0 aliphatic rings. The Bertz CT molecular complexity index is 909. The second kappa shape index (κ2) is 6.68. The molecule has 0 aliphatic carbocycles. The normalized spacial score (nSPS) is 12.0. The molecule has 0 unspecified atom stereocenters. The Kier molecular flexibility index (Phi) is 4.42. The largest absolute Gasteiger partial charge is 0.474 e. The number of rotatable bonds is 5. The summed E-state index contributed by atoms with van der Waals surface area (Å²) in [6.45, 7) is 3.40. The lowest BCUT2D eigenvalue weighted by Crippen LogP contribution is -2.05. The molecule has 25 heavy (non-hydrogen) atoms. The Balaban J connectivity index is 1.82. The summed E-state index contributed by atoms with van der Waals surface area (Å²) in [7, 11) is 0. The van der Waals surface area contributed by atoms with Crippen molar-refractivity contribution in [2.75, 3.05) is 0 Å². The fourth-order valence-electron chi connectivity index (χ4n) is 2.22. The third-order valence-electron chi connectivity index (χ3n) is 3.49. The summed E-state index contributed by atoms with van der Waals surface area (Å²) in [5, 5.41) is 18.9. The Labute approximate surface area is 142 Å². The number of nitrogens with zero attached hydrogens (tertiary/aromatic N) is 3. The van der Waals surface area contributed by atoms with Gasteiger partial charge in [-0.25, -0.2) is 4.39 Å². The first-order valence-electron chi connectivity index (χ1n) is 7.45. The Morgan fingerprint density at radius 1 is 1.20 bits per heavy atom. The number of aromatic nitrogens is 2. The SMILES string of the molecule is Cc1ccc(O[C@@H](C)c2nnc(-c3ccc(F)cc3)o2)c([N+](=O)[O-])c1. The molecule has 0 radical (unpaired) electrons. The van der Waals surface area contributed by atoms with Gasteiger partial charge in [0, 0.05) is 11.6 Å². The van der Waals surface area contributed by atoms with Crippen molar-refractivity contribution in [3.63, 3.8) is 0 Å². The van der Waals surface area contributed by atoms with E-state index in [0.29, 0.717) is 5.56 Å². The molecule has 128 valence electrons. The van der Waals surface area contributed by atoms with Crippen molar-refractivity contribution in [2.24, 2.45) is 0 Å². The van der Waals surface area contributed by atoms with Gasteiger partial charge in [-0.05, 0) is 49.7 Å². The minimum absolute atomic E-state index is 0.115. The zero-order chi connectivity index (χ0) is 18.0. The van der Waals surface area contributed by atoms with E-state index in [1.165, 1.54) is 36.4 Å². The van der Waals surface area contributed by atoms with E-state index in [1.54, 1.807) is 19.9 Å². The van der Waals surface area contributed by atoms with Crippen molar-refractivity contribution in [1.29, 1.82) is 0 Å². The van der Waals surface area contributed by atoms with Crippen LogP contribution in [0.15, 0.2) is 46.9 Å². The van der Waals surface area contributed by atoms with Crippen molar-refractivity contribution in [3.8, 4) is 17.2 Å². The molecule has 0 bridgehead atoms. The van der Waals surface area contributed by atoms with E-state index in [0.717, 1.165) is 5.56 Å². The lowest BCUT2D eigenvalue weighted by molar-refractivity contribution is -0.386. The first-order valence-corrected chi connectivity index (χ1v) is 7.45. The van der Waals surface area contributed by atoms with Gasteiger partial charge in [0.15, 0.2) is 11.9 Å². The number of hydrogen-bond donors (Lipinski definition) is 0. The highest BCUT2D eigenvalue weighted by atomic mass is 19.1. The molecule has 0 saturated heterocycles. The van der Waals surface area contributed by atoms with Crippen LogP contribution in [0.25, 0.3) is 11.5 Å². The van der Waals surface area contributed by atoms with Crippen LogP contribution in [0.4, 0.5) is 10.1 Å². The smallest absolute Gasteiger partial charge is 0.311 e. The summed E-state index contributed by atoms with van der Waals surface area (Å²) in [4.78, 5) is 10.6. The molecule has 1 atom stereocenters. The number of nitro benzene ring substituents is 1. The quantitative estimate of drug-likeness (QED) is 0.508. The second-order valence-corrected chi connectivity index (χ2v) is 5.44. The molecule has 3 aromatic rings. The molecular formula is C17H14FN3O4. The third-order valence-corrected chi connectivity index (χ3v) is 3.49. The molecule has 0 amide bonds. The Morgan fingerprint density at radius 3 is 2.60 bits per heavy atom. The number of benzene rings is 2. The maximum Gasteiger partial charge on any atom is 0.311 e. The molecule has 0 fully saturated rings. The molecule has 0 spiro atoms. The summed E-state index contributed by atoms with van der Waals surface area (Å²) in [6, 6.07) is 10.3. The highest BCUT2D eigenvalue weighted by Gasteiger charge is 2.22. The van der Waals surface area contributed by atoms with Gasteiger partial charge in [0.05, 0.1) is 4.92 Å². The number of halogens is 1. The second-order valence-electron chi connectivity index (χ2n) is 5.44. The number of hydrogen-bond acceptors (Lipinski definition) is 6. The minimum Gasteiger partial charge on any atom is -0.474 e. The average molecular weight is 343 g/mol. The molecular weight excluding hydrogens is 329 g/mol. The number of nitro groups is 1. The maximum atomic E-state index is 13.0. The van der Waals surface area contributed by atoms with E-state index in [2.05, 4.69) is 10.2 Å². The van der Waals surface area contributed by atoms with Gasteiger partial charge in [0.1, 0.15) is 5.82 Å². The van der Waals surface area contributed by atoms with Crippen molar-refractivity contribution in [1.82, 2.24) is 10.2 Å². The van der Waals surface area contributed by atoms with E-state index in [1.807, 2.05) is 0 Å². The van der Waals surface area contributed by atoms with E-state index in [4.69, 9.17) is 9.15 Å². The van der Waals surface area contributed by atoms with Crippen LogP contribution in [-0.4, -0.2) is 15.1 Å². The molecule has 0 aliphatic heterocycles. The van der Waals surface area contributed by atoms with Crippen LogP contribution in [0.1, 0.15) is 24.5 Å². The van der Waals surface area contributed by atoms with Crippen LogP contribution in [0.2, 0.25) is 0 Å². The highest BCUT2D eigenvalue weighted by molar-refractivity contribution is 5.52. The van der Waals surface area contributed by atoms with Crippen LogP contribution in [0.3, 0.4) is 0 Å². The molecule has 0 saturated carbocycles. The zero-order valence-electron chi connectivity index (χ0n) is 13.5. The number of aryl methyl sites for hydroxylation is 1. The van der Waals surface area contributed by atoms with Gasteiger partial charge in [-0.2, -0.15) is 0 Å². The van der Waals surface area contributed by atoms with Crippen LogP contribution in [0, 0.1) is 22.9 Å². The highest BCUT2D eigenvalue weighted by Crippen LogP contribution is 2.32. The van der Waals surface area contributed by atoms with Crippen molar-refractivity contribution < 1.29 is 18.5 Å². The molecule has 3 rings (SSSR count). The van der Waals surface area contributed by atoms with Crippen molar-refractivity contribution in [2.45, 2.75) is 20.0 Å². The van der Waals surface area contributed by atoms with Gasteiger partial charge in [-0.3, -0.25) is 10.1 Å². The molecule has 1 aromatic heterocycles. The lowest BCUT2D eigenvalue weighted by atomic mass is 10.2. The summed E-state index contributed by atoms with van der Waals surface area (Å²) >= 11 is 0. The third kappa shape index (κ3) is 3.63. The van der Waals surface area contributed by atoms with Crippen LogP contribution in [-0.2, 0) is 0 Å². The Morgan fingerprint density at radius 2 is 1.92 bits per heavy atom. The fourth-order valence-corrected chi connectivity index (χ4v) is 2.22. The summed E-state index contributed by atoms with van der Waals surface area (Å²) in [5.41, 5.74) is 1.18. The van der Waals surface area contributed by atoms with E-state index in [9.17, 15) is 14.5 Å². The first-order chi connectivity index (χ1) is 11.9. The van der Waals surface area contributed by atoms with Gasteiger partial charge in [-0.1, -0.05) is 6.07 Å². The minimum atomic E-state index is -0.692. The molecule has 1 heterocycles. The van der Waals surface area contributed by atoms with Crippen LogP contribution in [0.5, 0.6) is 5.75 Å². The van der Waals surface area contributed by atoms with Crippen LogP contribution < -0.4 is 4.74 Å². The van der Waals surface area contributed by atoms with Gasteiger partial charge >= 0.3 is 5.69 Å². The molecule has 0 N–H and O–H groups in total. The predicted octanol–water partition coefficient (Wildman–Crippen LogP) is 4.23.